The van der Waals surface area contributed by atoms with Crippen LogP contribution in [-0.4, -0.2) is 42.7 Å². The average Bonchev–Trinajstić information content (AvgIpc) is 3.16. The summed E-state index contributed by atoms with van der Waals surface area (Å²) in [6.07, 6.45) is 3.77. The molecule has 1 aliphatic rings. The molecule has 0 unspecified atom stereocenters. The Morgan fingerprint density at radius 3 is 2.48 bits per heavy atom. The van der Waals surface area contributed by atoms with E-state index in [1.165, 1.54) is 0 Å². The summed E-state index contributed by atoms with van der Waals surface area (Å²) in [7, 11) is 1.63. The van der Waals surface area contributed by atoms with E-state index in [0.29, 0.717) is 23.8 Å². The molecule has 2 heterocycles. The van der Waals surface area contributed by atoms with Crippen molar-refractivity contribution < 1.29 is 14.3 Å². The van der Waals surface area contributed by atoms with Crippen molar-refractivity contribution in [3.8, 4) is 17.1 Å². The van der Waals surface area contributed by atoms with Gasteiger partial charge in [-0.1, -0.05) is 0 Å². The predicted octanol–water partition coefficient (Wildman–Crippen LogP) is 3.35. The van der Waals surface area contributed by atoms with Crippen LogP contribution in [-0.2, 0) is 4.74 Å². The minimum absolute atomic E-state index is 0. The van der Waals surface area contributed by atoms with Crippen LogP contribution in [0, 0.1) is 0 Å². The summed E-state index contributed by atoms with van der Waals surface area (Å²) in [6, 6.07) is 7.55. The van der Waals surface area contributed by atoms with Gasteiger partial charge in [0, 0.05) is 24.8 Å². The monoisotopic (exact) mass is 363 g/mol. The Bertz CT molecular complexity index is 716. The van der Waals surface area contributed by atoms with Gasteiger partial charge in [0.2, 0.25) is 0 Å². The number of nitrogens with zero attached hydrogens (tertiary/aromatic N) is 3. The van der Waals surface area contributed by atoms with Crippen LogP contribution in [0.2, 0.25) is 0 Å². The first-order valence-electron chi connectivity index (χ1n) is 8.16. The molecule has 3 rings (SSSR count). The Morgan fingerprint density at radius 1 is 1.20 bits per heavy atom. The van der Waals surface area contributed by atoms with Crippen molar-refractivity contribution in [2.75, 3.05) is 31.7 Å². The summed E-state index contributed by atoms with van der Waals surface area (Å²) in [5, 5.41) is 0. The number of rotatable bonds is 5. The lowest BCUT2D eigenvalue weighted by atomic mass is 10.2. The van der Waals surface area contributed by atoms with Gasteiger partial charge in [0.15, 0.2) is 5.82 Å². The van der Waals surface area contributed by atoms with Gasteiger partial charge in [-0.15, -0.1) is 12.4 Å². The van der Waals surface area contributed by atoms with E-state index in [1.54, 1.807) is 20.2 Å². The molecule has 1 aromatic heterocycles. The maximum absolute atomic E-state index is 12.2. The van der Waals surface area contributed by atoms with Crippen molar-refractivity contribution in [1.82, 2.24) is 9.97 Å². The van der Waals surface area contributed by atoms with E-state index in [9.17, 15) is 4.79 Å². The van der Waals surface area contributed by atoms with E-state index in [2.05, 4.69) is 14.9 Å². The summed E-state index contributed by atoms with van der Waals surface area (Å²) >= 11 is 0. The number of carbonyl (C=O) groups is 1. The first kappa shape index (κ1) is 19.0. The lowest BCUT2D eigenvalue weighted by molar-refractivity contribution is 0.0526. The molecule has 1 fully saturated rings. The third-order valence-corrected chi connectivity index (χ3v) is 4.02. The lowest BCUT2D eigenvalue weighted by Gasteiger charge is -2.19. The molecule has 2 aromatic rings. The van der Waals surface area contributed by atoms with Crippen molar-refractivity contribution in [1.29, 1.82) is 0 Å². The number of anilines is 1. The van der Waals surface area contributed by atoms with Crippen LogP contribution in [0.4, 0.5) is 5.82 Å². The molecule has 0 amide bonds. The van der Waals surface area contributed by atoms with E-state index >= 15 is 0 Å². The van der Waals surface area contributed by atoms with Crippen molar-refractivity contribution in [2.24, 2.45) is 0 Å². The minimum atomic E-state index is -0.374. The van der Waals surface area contributed by atoms with Gasteiger partial charge in [0.1, 0.15) is 17.1 Å². The second-order valence-electron chi connectivity index (χ2n) is 5.57. The summed E-state index contributed by atoms with van der Waals surface area (Å²) in [5.74, 6) is 1.65. The van der Waals surface area contributed by atoms with Crippen LogP contribution in [0.15, 0.2) is 30.5 Å². The SMILES string of the molecule is CCOC(=O)c1cnc(-c2ccc(OC)cc2)nc1N1CCCC1.Cl. The molecular formula is C18H22ClN3O3. The number of methoxy groups -OCH3 is 1. The minimum Gasteiger partial charge on any atom is -0.497 e. The molecule has 0 atom stereocenters. The highest BCUT2D eigenvalue weighted by Crippen LogP contribution is 2.26. The number of halogens is 1. The van der Waals surface area contributed by atoms with Crippen LogP contribution in [0.25, 0.3) is 11.4 Å². The zero-order valence-corrected chi connectivity index (χ0v) is 15.2. The van der Waals surface area contributed by atoms with Gasteiger partial charge < -0.3 is 14.4 Å². The van der Waals surface area contributed by atoms with Gasteiger partial charge in [-0.2, -0.15) is 0 Å². The van der Waals surface area contributed by atoms with Gasteiger partial charge in [-0.05, 0) is 44.0 Å². The van der Waals surface area contributed by atoms with E-state index < -0.39 is 0 Å². The lowest BCUT2D eigenvalue weighted by Crippen LogP contribution is -2.23. The Morgan fingerprint density at radius 2 is 1.88 bits per heavy atom. The number of hydrogen-bond acceptors (Lipinski definition) is 6. The first-order chi connectivity index (χ1) is 11.7. The molecule has 0 spiro atoms. The summed E-state index contributed by atoms with van der Waals surface area (Å²) in [4.78, 5) is 23.4. The second-order valence-corrected chi connectivity index (χ2v) is 5.57. The highest BCUT2D eigenvalue weighted by molar-refractivity contribution is 5.95. The van der Waals surface area contributed by atoms with Crippen LogP contribution in [0.5, 0.6) is 5.75 Å². The fourth-order valence-electron chi connectivity index (χ4n) is 2.77. The third kappa shape index (κ3) is 4.20. The molecule has 6 nitrogen and oxygen atoms in total. The van der Waals surface area contributed by atoms with Gasteiger partial charge in [-0.25, -0.2) is 14.8 Å². The van der Waals surface area contributed by atoms with Crippen molar-refractivity contribution >= 4 is 24.2 Å². The molecule has 0 aliphatic carbocycles. The number of benzene rings is 1. The predicted molar refractivity (Wildman–Crippen MR) is 98.7 cm³/mol. The molecular weight excluding hydrogens is 342 g/mol. The van der Waals surface area contributed by atoms with Gasteiger partial charge in [0.25, 0.3) is 0 Å². The Hall–Kier alpha value is -2.34. The van der Waals surface area contributed by atoms with E-state index in [4.69, 9.17) is 9.47 Å². The fraction of sp³-hybridized carbons (Fsp3) is 0.389. The molecule has 1 aromatic carbocycles. The third-order valence-electron chi connectivity index (χ3n) is 4.02. The molecule has 1 aliphatic heterocycles. The molecule has 7 heteroatoms. The van der Waals surface area contributed by atoms with E-state index in [-0.39, 0.29) is 18.4 Å². The molecule has 134 valence electrons. The van der Waals surface area contributed by atoms with Gasteiger partial charge >= 0.3 is 5.97 Å². The van der Waals surface area contributed by atoms with Crippen molar-refractivity contribution in [2.45, 2.75) is 19.8 Å². The Labute approximate surface area is 153 Å². The van der Waals surface area contributed by atoms with Crippen molar-refractivity contribution in [3.05, 3.63) is 36.0 Å². The smallest absolute Gasteiger partial charge is 0.343 e. The van der Waals surface area contributed by atoms with E-state index in [0.717, 1.165) is 37.2 Å². The van der Waals surface area contributed by atoms with Gasteiger partial charge in [-0.3, -0.25) is 0 Å². The Kier molecular flexibility index (Phi) is 6.58. The van der Waals surface area contributed by atoms with Crippen LogP contribution < -0.4 is 9.64 Å². The second kappa shape index (κ2) is 8.67. The molecule has 0 bridgehead atoms. The number of aromatic nitrogens is 2. The summed E-state index contributed by atoms with van der Waals surface area (Å²) in [6.45, 7) is 3.91. The maximum Gasteiger partial charge on any atom is 0.343 e. The number of ether oxygens (including phenoxy) is 2. The molecule has 0 radical (unpaired) electrons. The standard InChI is InChI=1S/C18H21N3O3.ClH/c1-3-24-18(22)15-12-19-16(13-6-8-14(23-2)9-7-13)20-17(15)21-10-4-5-11-21;/h6-9,12H,3-5,10-11H2,1-2H3;1H. The molecule has 0 N–H and O–H groups in total. The first-order valence-corrected chi connectivity index (χ1v) is 8.16. The van der Waals surface area contributed by atoms with E-state index in [1.807, 2.05) is 24.3 Å². The quantitative estimate of drug-likeness (QED) is 0.759. The normalized spacial score (nSPS) is 13.3. The number of hydrogen-bond donors (Lipinski definition) is 0. The average molecular weight is 364 g/mol. The largest absolute Gasteiger partial charge is 0.497 e. The fourth-order valence-corrected chi connectivity index (χ4v) is 2.77. The van der Waals surface area contributed by atoms with Crippen LogP contribution in [0.3, 0.4) is 0 Å². The topological polar surface area (TPSA) is 64.5 Å². The number of esters is 1. The van der Waals surface area contributed by atoms with Crippen LogP contribution >= 0.6 is 12.4 Å². The molecule has 1 saturated heterocycles. The zero-order valence-electron chi connectivity index (χ0n) is 14.4. The van der Waals surface area contributed by atoms with Crippen LogP contribution in [0.1, 0.15) is 30.1 Å². The van der Waals surface area contributed by atoms with Gasteiger partial charge in [0.05, 0.1) is 13.7 Å². The van der Waals surface area contributed by atoms with Crippen molar-refractivity contribution in [3.63, 3.8) is 0 Å². The molecule has 25 heavy (non-hydrogen) atoms. The number of carbonyl (C=O) groups excluding carboxylic acids is 1. The molecule has 0 saturated carbocycles. The highest BCUT2D eigenvalue weighted by atomic mass is 35.5. The highest BCUT2D eigenvalue weighted by Gasteiger charge is 2.23. The summed E-state index contributed by atoms with van der Waals surface area (Å²) < 4.78 is 10.3. The zero-order chi connectivity index (χ0) is 16.9. The Balaban J connectivity index is 0.00000225. The maximum atomic E-state index is 12.2. The summed E-state index contributed by atoms with van der Waals surface area (Å²) in [5.41, 5.74) is 1.31.